The van der Waals surface area contributed by atoms with E-state index in [2.05, 4.69) is 5.32 Å². The van der Waals surface area contributed by atoms with Gasteiger partial charge < -0.3 is 19.4 Å². The highest BCUT2D eigenvalue weighted by Gasteiger charge is 2.27. The molecule has 5 nitrogen and oxygen atoms in total. The first-order valence-corrected chi connectivity index (χ1v) is 6.38. The van der Waals surface area contributed by atoms with E-state index in [4.69, 9.17) is 9.47 Å². The number of benzene rings is 1. The molecule has 0 saturated carbocycles. The largest absolute Gasteiger partial charge is 0.496 e. The van der Waals surface area contributed by atoms with Gasteiger partial charge in [0.15, 0.2) is 0 Å². The summed E-state index contributed by atoms with van der Waals surface area (Å²) < 4.78 is 12.8. The molecule has 0 unspecified atom stereocenters. The Balaban J connectivity index is 2.42. The molecule has 0 radical (unpaired) electrons. The summed E-state index contributed by atoms with van der Waals surface area (Å²) >= 11 is 0. The number of hydrogen-bond acceptors (Lipinski definition) is 3. The van der Waals surface area contributed by atoms with Crippen LogP contribution in [-0.4, -0.2) is 24.7 Å². The maximum Gasteiger partial charge on any atom is 0.257 e. The number of nitrogens with zero attached hydrogens (tertiary/aromatic N) is 1. The molecule has 1 aliphatic heterocycles. The van der Waals surface area contributed by atoms with Gasteiger partial charge in [-0.05, 0) is 31.2 Å². The van der Waals surface area contributed by atoms with E-state index in [0.717, 1.165) is 17.1 Å². The van der Waals surface area contributed by atoms with Crippen LogP contribution in [0.5, 0.6) is 11.5 Å². The van der Waals surface area contributed by atoms with Gasteiger partial charge in [-0.2, -0.15) is 0 Å². The van der Waals surface area contributed by atoms with Crippen molar-refractivity contribution in [1.82, 2.24) is 9.88 Å². The predicted octanol–water partition coefficient (Wildman–Crippen LogP) is 2.05. The fourth-order valence-electron chi connectivity index (χ4n) is 2.64. The molecule has 3 rings (SSSR count). The monoisotopic (exact) mass is 272 g/mol. The first-order valence-electron chi connectivity index (χ1n) is 6.38. The van der Waals surface area contributed by atoms with E-state index in [1.54, 1.807) is 20.3 Å². The number of aryl methyl sites for hydroxylation is 1. The van der Waals surface area contributed by atoms with E-state index in [0.29, 0.717) is 23.6 Å². The van der Waals surface area contributed by atoms with Gasteiger partial charge in [-0.1, -0.05) is 0 Å². The minimum atomic E-state index is -0.154. The predicted molar refractivity (Wildman–Crippen MR) is 74.8 cm³/mol. The highest BCUT2D eigenvalue weighted by molar-refractivity contribution is 6.02. The van der Waals surface area contributed by atoms with Crippen molar-refractivity contribution in [3.05, 3.63) is 41.2 Å². The lowest BCUT2D eigenvalue weighted by molar-refractivity contribution is 0.0949. The van der Waals surface area contributed by atoms with Gasteiger partial charge in [-0.15, -0.1) is 0 Å². The lowest BCUT2D eigenvalue weighted by atomic mass is 10.1. The third-order valence-corrected chi connectivity index (χ3v) is 3.58. The van der Waals surface area contributed by atoms with Crippen LogP contribution in [0.1, 0.15) is 21.7 Å². The summed E-state index contributed by atoms with van der Waals surface area (Å²) in [5.74, 6) is 1.04. The van der Waals surface area contributed by atoms with E-state index >= 15 is 0 Å². The minimum absolute atomic E-state index is 0.154. The van der Waals surface area contributed by atoms with Crippen LogP contribution in [0.3, 0.4) is 0 Å². The molecule has 1 N–H and O–H groups in total. The Morgan fingerprint density at radius 1 is 1.10 bits per heavy atom. The third-order valence-electron chi connectivity index (χ3n) is 3.58. The van der Waals surface area contributed by atoms with Gasteiger partial charge in [0.2, 0.25) is 0 Å². The number of methoxy groups -OCH3 is 2. The highest BCUT2D eigenvalue weighted by Crippen LogP contribution is 2.36. The van der Waals surface area contributed by atoms with Crippen LogP contribution in [0.15, 0.2) is 24.3 Å². The van der Waals surface area contributed by atoms with Crippen molar-refractivity contribution < 1.29 is 14.3 Å². The van der Waals surface area contributed by atoms with Crippen LogP contribution < -0.4 is 14.8 Å². The highest BCUT2D eigenvalue weighted by atomic mass is 16.5. The van der Waals surface area contributed by atoms with E-state index in [1.165, 1.54) is 0 Å². The van der Waals surface area contributed by atoms with Gasteiger partial charge >= 0.3 is 0 Å². The maximum absolute atomic E-state index is 12.4. The number of amides is 1. The number of rotatable bonds is 2. The number of carbonyl (C=O) groups is 1. The Kier molecular flexibility index (Phi) is 2.89. The van der Waals surface area contributed by atoms with Crippen molar-refractivity contribution in [3.8, 4) is 17.2 Å². The molecule has 2 aromatic rings. The first-order chi connectivity index (χ1) is 9.67. The van der Waals surface area contributed by atoms with Gasteiger partial charge in [-0.25, -0.2) is 0 Å². The van der Waals surface area contributed by atoms with Crippen molar-refractivity contribution in [2.45, 2.75) is 13.5 Å². The van der Waals surface area contributed by atoms with Crippen molar-refractivity contribution in [2.75, 3.05) is 14.2 Å². The van der Waals surface area contributed by atoms with Crippen molar-refractivity contribution in [1.29, 1.82) is 0 Å². The van der Waals surface area contributed by atoms with E-state index in [9.17, 15) is 4.79 Å². The Bertz CT molecular complexity index is 689. The lowest BCUT2D eigenvalue weighted by Crippen LogP contribution is -2.21. The van der Waals surface area contributed by atoms with Crippen LogP contribution in [-0.2, 0) is 6.54 Å². The molecule has 0 saturated heterocycles. The van der Waals surface area contributed by atoms with E-state index in [1.807, 2.05) is 29.7 Å². The minimum Gasteiger partial charge on any atom is -0.496 e. The van der Waals surface area contributed by atoms with Crippen molar-refractivity contribution in [2.24, 2.45) is 0 Å². The summed E-state index contributed by atoms with van der Waals surface area (Å²) in [4.78, 5) is 12.4. The second-order valence-corrected chi connectivity index (χ2v) is 4.68. The van der Waals surface area contributed by atoms with Crippen molar-refractivity contribution >= 4 is 5.91 Å². The molecule has 1 amide bonds. The number of nitrogens with one attached hydrogen (secondary N) is 1. The van der Waals surface area contributed by atoms with Crippen molar-refractivity contribution in [3.63, 3.8) is 0 Å². The summed E-state index contributed by atoms with van der Waals surface area (Å²) in [5.41, 5.74) is 3.30. The fraction of sp³-hybridized carbons (Fsp3) is 0.267. The van der Waals surface area contributed by atoms with Gasteiger partial charge in [0.05, 0.1) is 20.8 Å². The van der Waals surface area contributed by atoms with Gasteiger partial charge in [0.1, 0.15) is 22.7 Å². The third kappa shape index (κ3) is 1.66. The van der Waals surface area contributed by atoms with Crippen LogP contribution >= 0.6 is 0 Å². The summed E-state index contributed by atoms with van der Waals surface area (Å²) in [5, 5.41) is 2.90. The Morgan fingerprint density at radius 3 is 2.50 bits per heavy atom. The van der Waals surface area contributed by atoms with Gasteiger partial charge in [0, 0.05) is 11.4 Å². The van der Waals surface area contributed by atoms with E-state index < -0.39 is 0 Å². The molecule has 0 bridgehead atoms. The average Bonchev–Trinajstić information content (AvgIpc) is 2.76. The molecule has 20 heavy (non-hydrogen) atoms. The molecule has 0 atom stereocenters. The molecule has 1 aromatic heterocycles. The Labute approximate surface area is 117 Å². The standard InChI is InChI=1S/C15H16N2O3/c1-9-4-5-10-8-16-15(18)13-11(19-2)6-7-12(20-3)14(13)17(9)10/h4-7H,8H2,1-3H3,(H,16,18). The Hall–Kier alpha value is -2.43. The van der Waals surface area contributed by atoms with Crippen LogP contribution in [0.25, 0.3) is 5.69 Å². The number of ether oxygens (including phenoxy) is 2. The quantitative estimate of drug-likeness (QED) is 0.910. The van der Waals surface area contributed by atoms with E-state index in [-0.39, 0.29) is 5.91 Å². The molecular weight excluding hydrogens is 256 g/mol. The number of carbonyl (C=O) groups excluding carboxylic acids is 1. The molecule has 0 spiro atoms. The molecule has 0 fully saturated rings. The summed E-state index contributed by atoms with van der Waals surface area (Å²) in [6.07, 6.45) is 0. The number of hydrogen-bond donors (Lipinski definition) is 1. The molecule has 1 aromatic carbocycles. The summed E-state index contributed by atoms with van der Waals surface area (Å²) in [6, 6.07) is 7.60. The maximum atomic E-state index is 12.4. The zero-order valence-corrected chi connectivity index (χ0v) is 11.7. The number of aromatic nitrogens is 1. The summed E-state index contributed by atoms with van der Waals surface area (Å²) in [7, 11) is 3.16. The van der Waals surface area contributed by atoms with Gasteiger partial charge in [0.25, 0.3) is 5.91 Å². The van der Waals surface area contributed by atoms with Crippen LogP contribution in [0.2, 0.25) is 0 Å². The zero-order valence-electron chi connectivity index (χ0n) is 11.7. The molecular formula is C15H16N2O3. The lowest BCUT2D eigenvalue weighted by Gasteiger charge is -2.17. The summed E-state index contributed by atoms with van der Waals surface area (Å²) in [6.45, 7) is 2.48. The molecule has 0 aliphatic carbocycles. The topological polar surface area (TPSA) is 52.5 Å². The smallest absolute Gasteiger partial charge is 0.257 e. The first kappa shape index (κ1) is 12.6. The average molecular weight is 272 g/mol. The second kappa shape index (κ2) is 4.59. The van der Waals surface area contributed by atoms with Crippen LogP contribution in [0, 0.1) is 6.92 Å². The molecule has 5 heteroatoms. The normalized spacial score (nSPS) is 13.1. The zero-order chi connectivity index (χ0) is 14.3. The SMILES string of the molecule is COc1ccc(OC)c2c1C(=O)NCc1ccc(C)n1-2. The Morgan fingerprint density at radius 2 is 1.80 bits per heavy atom. The molecule has 1 aliphatic rings. The molecule has 104 valence electrons. The molecule has 2 heterocycles. The fourth-order valence-corrected chi connectivity index (χ4v) is 2.64. The second-order valence-electron chi connectivity index (χ2n) is 4.68. The van der Waals surface area contributed by atoms with Gasteiger partial charge in [-0.3, -0.25) is 4.79 Å². The number of fused-ring (bicyclic) bond motifs is 3. The van der Waals surface area contributed by atoms with Crippen LogP contribution in [0.4, 0.5) is 0 Å².